The second-order valence-electron chi connectivity index (χ2n) is 5.49. The van der Waals surface area contributed by atoms with Gasteiger partial charge in [-0.2, -0.15) is 0 Å². The van der Waals surface area contributed by atoms with Crippen LogP contribution in [0.1, 0.15) is 34.5 Å². The summed E-state index contributed by atoms with van der Waals surface area (Å²) in [5.74, 6) is 0. The average molecular weight is 317 g/mol. The summed E-state index contributed by atoms with van der Waals surface area (Å²) in [4.78, 5) is 6.07. The van der Waals surface area contributed by atoms with Gasteiger partial charge in [-0.3, -0.25) is 0 Å². The molecule has 0 atom stereocenters. The number of fused-ring (bicyclic) bond motifs is 1. The van der Waals surface area contributed by atoms with Gasteiger partial charge in [-0.25, -0.2) is 4.98 Å². The van der Waals surface area contributed by atoms with Crippen molar-refractivity contribution in [2.45, 2.75) is 39.5 Å². The Kier molecular flexibility index (Phi) is 4.22. The van der Waals surface area contributed by atoms with Gasteiger partial charge in [0, 0.05) is 10.6 Å². The van der Waals surface area contributed by atoms with Crippen LogP contribution in [-0.4, -0.2) is 10.1 Å². The van der Waals surface area contributed by atoms with Crippen LogP contribution in [0.25, 0.3) is 0 Å². The molecular weight excluding hydrogens is 298 g/mol. The lowest BCUT2D eigenvalue weighted by Crippen LogP contribution is -2.19. The molecule has 0 bridgehead atoms. The van der Waals surface area contributed by atoms with Gasteiger partial charge in [-0.15, -0.1) is 11.3 Å². The number of aromatic nitrogens is 1. The molecule has 0 amide bonds. The van der Waals surface area contributed by atoms with Crippen LogP contribution in [0.5, 0.6) is 0 Å². The van der Waals surface area contributed by atoms with Gasteiger partial charge in [-0.05, 0) is 68.9 Å². The molecule has 1 heterocycles. The third-order valence-electron chi connectivity index (χ3n) is 3.71. The Balaban J connectivity index is 1.69. The standard InChI is InChI=1S/C16H19N3S2/c1-10-7-8-11(2)13(9-10)17-15(20)19-16-18-12-5-3-4-6-14(12)21-16/h7-9H,3-6H2,1-2H3,(H2,17,18,19,20). The normalized spacial score (nSPS) is 13.6. The van der Waals surface area contributed by atoms with Gasteiger partial charge < -0.3 is 10.6 Å². The highest BCUT2D eigenvalue weighted by molar-refractivity contribution is 7.80. The third-order valence-corrected chi connectivity index (χ3v) is 4.98. The van der Waals surface area contributed by atoms with E-state index in [4.69, 9.17) is 12.2 Å². The monoisotopic (exact) mass is 317 g/mol. The highest BCUT2D eigenvalue weighted by atomic mass is 32.1. The first kappa shape index (κ1) is 14.5. The van der Waals surface area contributed by atoms with Gasteiger partial charge in [0.05, 0.1) is 5.69 Å². The van der Waals surface area contributed by atoms with E-state index < -0.39 is 0 Å². The molecule has 110 valence electrons. The molecule has 1 aromatic heterocycles. The Hall–Kier alpha value is -1.46. The summed E-state index contributed by atoms with van der Waals surface area (Å²) in [7, 11) is 0. The molecule has 1 aliphatic rings. The summed E-state index contributed by atoms with van der Waals surface area (Å²) in [6, 6.07) is 6.31. The third kappa shape index (κ3) is 3.41. The fraction of sp³-hybridized carbons (Fsp3) is 0.375. The smallest absolute Gasteiger partial charge is 0.189 e. The largest absolute Gasteiger partial charge is 0.332 e. The minimum Gasteiger partial charge on any atom is -0.332 e. The minimum absolute atomic E-state index is 0.606. The zero-order chi connectivity index (χ0) is 14.8. The molecule has 0 saturated carbocycles. The summed E-state index contributed by atoms with van der Waals surface area (Å²) in [6.45, 7) is 4.16. The topological polar surface area (TPSA) is 37.0 Å². The van der Waals surface area contributed by atoms with E-state index in [1.54, 1.807) is 11.3 Å². The number of rotatable bonds is 2. The van der Waals surface area contributed by atoms with Crippen molar-refractivity contribution in [2.24, 2.45) is 0 Å². The summed E-state index contributed by atoms with van der Waals surface area (Å²) in [5.41, 5.74) is 4.70. The molecule has 1 aliphatic carbocycles. The van der Waals surface area contributed by atoms with Gasteiger partial charge in [0.25, 0.3) is 0 Å². The van der Waals surface area contributed by atoms with Gasteiger partial charge >= 0.3 is 0 Å². The number of nitrogens with one attached hydrogen (secondary N) is 2. The number of hydrogen-bond acceptors (Lipinski definition) is 3. The molecule has 0 aliphatic heterocycles. The van der Waals surface area contributed by atoms with Crippen molar-refractivity contribution in [3.05, 3.63) is 39.9 Å². The van der Waals surface area contributed by atoms with Gasteiger partial charge in [0.2, 0.25) is 0 Å². The number of nitrogens with zero attached hydrogens (tertiary/aromatic N) is 1. The van der Waals surface area contributed by atoms with E-state index in [0.29, 0.717) is 5.11 Å². The summed E-state index contributed by atoms with van der Waals surface area (Å²) in [6.07, 6.45) is 4.79. The van der Waals surface area contributed by atoms with Crippen LogP contribution in [0.3, 0.4) is 0 Å². The minimum atomic E-state index is 0.606. The second-order valence-corrected chi connectivity index (χ2v) is 6.99. The predicted octanol–water partition coefficient (Wildman–Crippen LogP) is 4.45. The van der Waals surface area contributed by atoms with Crippen LogP contribution in [-0.2, 0) is 12.8 Å². The van der Waals surface area contributed by atoms with Crippen LogP contribution < -0.4 is 10.6 Å². The average Bonchev–Trinajstić information content (AvgIpc) is 2.84. The molecule has 0 radical (unpaired) electrons. The second kappa shape index (κ2) is 6.12. The predicted molar refractivity (Wildman–Crippen MR) is 94.5 cm³/mol. The highest BCUT2D eigenvalue weighted by Gasteiger charge is 2.15. The maximum atomic E-state index is 5.41. The number of anilines is 2. The highest BCUT2D eigenvalue weighted by Crippen LogP contribution is 2.29. The molecule has 2 N–H and O–H groups in total. The zero-order valence-electron chi connectivity index (χ0n) is 12.3. The number of aryl methyl sites for hydroxylation is 4. The van der Waals surface area contributed by atoms with Gasteiger partial charge in [0.15, 0.2) is 10.2 Å². The first-order valence-corrected chi connectivity index (χ1v) is 8.48. The fourth-order valence-electron chi connectivity index (χ4n) is 2.53. The first-order valence-electron chi connectivity index (χ1n) is 7.25. The quantitative estimate of drug-likeness (QED) is 0.803. The number of thiazole rings is 1. The van der Waals surface area contributed by atoms with E-state index in [-0.39, 0.29) is 0 Å². The van der Waals surface area contributed by atoms with Crippen molar-refractivity contribution in [2.75, 3.05) is 10.6 Å². The molecule has 3 nitrogen and oxygen atoms in total. The van der Waals surface area contributed by atoms with E-state index in [9.17, 15) is 0 Å². The summed E-state index contributed by atoms with van der Waals surface area (Å²) in [5, 5.41) is 8.00. The van der Waals surface area contributed by atoms with E-state index in [2.05, 4.69) is 47.7 Å². The summed E-state index contributed by atoms with van der Waals surface area (Å²) < 4.78 is 0. The zero-order valence-corrected chi connectivity index (χ0v) is 14.0. The number of thiocarbonyl (C=S) groups is 1. The molecule has 1 aromatic carbocycles. The van der Waals surface area contributed by atoms with E-state index in [0.717, 1.165) is 23.7 Å². The first-order chi connectivity index (χ1) is 10.1. The molecule has 0 unspecified atom stereocenters. The van der Waals surface area contributed by atoms with E-state index in [1.807, 2.05) is 0 Å². The maximum absolute atomic E-state index is 5.41. The van der Waals surface area contributed by atoms with E-state index in [1.165, 1.54) is 34.5 Å². The molecule has 2 aromatic rings. The molecule has 0 spiro atoms. The van der Waals surface area contributed by atoms with Crippen molar-refractivity contribution in [1.82, 2.24) is 4.98 Å². The van der Waals surface area contributed by atoms with Crippen molar-refractivity contribution < 1.29 is 0 Å². The van der Waals surface area contributed by atoms with Crippen molar-refractivity contribution >= 4 is 39.5 Å². The molecule has 21 heavy (non-hydrogen) atoms. The van der Waals surface area contributed by atoms with Gasteiger partial charge in [0.1, 0.15) is 0 Å². The van der Waals surface area contributed by atoms with Crippen molar-refractivity contribution in [3.63, 3.8) is 0 Å². The maximum Gasteiger partial charge on any atom is 0.189 e. The van der Waals surface area contributed by atoms with Crippen LogP contribution in [0.15, 0.2) is 18.2 Å². The van der Waals surface area contributed by atoms with Gasteiger partial charge in [-0.1, -0.05) is 12.1 Å². The van der Waals surface area contributed by atoms with Crippen LogP contribution in [0.2, 0.25) is 0 Å². The lowest BCUT2D eigenvalue weighted by Gasteiger charge is -2.11. The summed E-state index contributed by atoms with van der Waals surface area (Å²) >= 11 is 7.14. The molecule has 5 heteroatoms. The molecule has 0 saturated heterocycles. The van der Waals surface area contributed by atoms with Crippen molar-refractivity contribution in [3.8, 4) is 0 Å². The Labute approximate surface area is 134 Å². The Morgan fingerprint density at radius 2 is 2.00 bits per heavy atom. The van der Waals surface area contributed by atoms with E-state index >= 15 is 0 Å². The Morgan fingerprint density at radius 3 is 2.81 bits per heavy atom. The molecule has 3 rings (SSSR count). The Morgan fingerprint density at radius 1 is 1.19 bits per heavy atom. The van der Waals surface area contributed by atoms with Crippen LogP contribution in [0.4, 0.5) is 10.8 Å². The fourth-order valence-corrected chi connectivity index (χ4v) is 3.85. The number of hydrogen-bond donors (Lipinski definition) is 2. The van der Waals surface area contributed by atoms with Crippen LogP contribution in [0, 0.1) is 13.8 Å². The van der Waals surface area contributed by atoms with Crippen molar-refractivity contribution in [1.29, 1.82) is 0 Å². The van der Waals surface area contributed by atoms with Crippen LogP contribution >= 0.6 is 23.6 Å². The lowest BCUT2D eigenvalue weighted by molar-refractivity contribution is 0.683. The lowest BCUT2D eigenvalue weighted by atomic mass is 10.0. The molecular formula is C16H19N3S2. The Bertz CT molecular complexity index is 653. The molecule has 0 fully saturated rings. The number of benzene rings is 1. The SMILES string of the molecule is Cc1ccc(C)c(NC(=S)Nc2nc3c(s2)CCCC3)c1.